The van der Waals surface area contributed by atoms with Gasteiger partial charge in [0.25, 0.3) is 0 Å². The lowest BCUT2D eigenvalue weighted by atomic mass is 10.2. The number of rotatable bonds is 11. The van der Waals surface area contributed by atoms with Crippen LogP contribution < -0.4 is 4.74 Å². The second-order valence-electron chi connectivity index (χ2n) is 6.17. The van der Waals surface area contributed by atoms with Crippen molar-refractivity contribution in [3.8, 4) is 5.75 Å². The first-order valence-corrected chi connectivity index (χ1v) is 8.16. The molecule has 0 aliphatic carbocycles. The SMILES string of the molecule is CCCN(Cc1ccc(OC)cc1)C[C@H](O)COCC(C)C. The highest BCUT2D eigenvalue weighted by Crippen LogP contribution is 2.13. The highest BCUT2D eigenvalue weighted by molar-refractivity contribution is 5.27. The first-order valence-electron chi connectivity index (χ1n) is 8.16. The summed E-state index contributed by atoms with van der Waals surface area (Å²) >= 11 is 0. The molecule has 4 heteroatoms. The van der Waals surface area contributed by atoms with E-state index in [2.05, 4.69) is 37.8 Å². The molecule has 0 saturated carbocycles. The molecule has 1 aromatic rings. The lowest BCUT2D eigenvalue weighted by molar-refractivity contribution is 0.00692. The summed E-state index contributed by atoms with van der Waals surface area (Å²) in [4.78, 5) is 2.27. The van der Waals surface area contributed by atoms with Crippen LogP contribution in [0.5, 0.6) is 5.75 Å². The number of hydrogen-bond donors (Lipinski definition) is 1. The number of aliphatic hydroxyl groups is 1. The number of aliphatic hydroxyl groups excluding tert-OH is 1. The highest BCUT2D eigenvalue weighted by Gasteiger charge is 2.12. The second kappa shape index (κ2) is 10.6. The number of hydrogen-bond acceptors (Lipinski definition) is 4. The van der Waals surface area contributed by atoms with Crippen LogP contribution in [0, 0.1) is 5.92 Å². The topological polar surface area (TPSA) is 41.9 Å². The van der Waals surface area contributed by atoms with Gasteiger partial charge in [0, 0.05) is 19.7 Å². The molecule has 0 aromatic heterocycles. The Labute approximate surface area is 135 Å². The van der Waals surface area contributed by atoms with Crippen molar-refractivity contribution in [1.29, 1.82) is 0 Å². The number of nitrogens with zero attached hydrogens (tertiary/aromatic N) is 1. The minimum Gasteiger partial charge on any atom is -0.497 e. The lowest BCUT2D eigenvalue weighted by Gasteiger charge is -2.25. The van der Waals surface area contributed by atoms with Crippen molar-refractivity contribution < 1.29 is 14.6 Å². The van der Waals surface area contributed by atoms with Gasteiger partial charge in [0.05, 0.1) is 19.8 Å². The van der Waals surface area contributed by atoms with Crippen LogP contribution in [-0.2, 0) is 11.3 Å². The number of ether oxygens (including phenoxy) is 2. The van der Waals surface area contributed by atoms with Crippen LogP contribution >= 0.6 is 0 Å². The predicted octanol–water partition coefficient (Wildman–Crippen LogP) is 2.94. The smallest absolute Gasteiger partial charge is 0.118 e. The lowest BCUT2D eigenvalue weighted by Crippen LogP contribution is -2.35. The van der Waals surface area contributed by atoms with Gasteiger partial charge in [-0.3, -0.25) is 4.90 Å². The molecule has 0 radical (unpaired) electrons. The van der Waals surface area contributed by atoms with Crippen LogP contribution in [0.3, 0.4) is 0 Å². The Morgan fingerprint density at radius 1 is 1.14 bits per heavy atom. The van der Waals surface area contributed by atoms with Crippen molar-refractivity contribution in [3.63, 3.8) is 0 Å². The summed E-state index contributed by atoms with van der Waals surface area (Å²) in [7, 11) is 1.67. The third-order valence-electron chi connectivity index (χ3n) is 3.34. The van der Waals surface area contributed by atoms with Crippen molar-refractivity contribution in [3.05, 3.63) is 29.8 Å². The monoisotopic (exact) mass is 309 g/mol. The van der Waals surface area contributed by atoms with E-state index in [0.29, 0.717) is 25.7 Å². The molecule has 0 saturated heterocycles. The van der Waals surface area contributed by atoms with Gasteiger partial charge in [0.1, 0.15) is 5.75 Å². The van der Waals surface area contributed by atoms with Crippen molar-refractivity contribution in [2.24, 2.45) is 5.92 Å². The van der Waals surface area contributed by atoms with Gasteiger partial charge >= 0.3 is 0 Å². The van der Waals surface area contributed by atoms with E-state index in [-0.39, 0.29) is 0 Å². The molecule has 22 heavy (non-hydrogen) atoms. The summed E-state index contributed by atoms with van der Waals surface area (Å²) in [6.45, 7) is 9.91. The van der Waals surface area contributed by atoms with E-state index in [4.69, 9.17) is 9.47 Å². The molecule has 4 nitrogen and oxygen atoms in total. The molecule has 0 bridgehead atoms. The Kier molecular flexibility index (Phi) is 9.13. The third kappa shape index (κ3) is 7.78. The van der Waals surface area contributed by atoms with Crippen LogP contribution in [0.1, 0.15) is 32.8 Å². The first-order chi connectivity index (χ1) is 10.5. The minimum absolute atomic E-state index is 0.404. The molecule has 1 rings (SSSR count). The molecule has 0 unspecified atom stereocenters. The second-order valence-corrected chi connectivity index (χ2v) is 6.17. The minimum atomic E-state index is -0.441. The fourth-order valence-electron chi connectivity index (χ4n) is 2.33. The van der Waals surface area contributed by atoms with Gasteiger partial charge in [-0.1, -0.05) is 32.9 Å². The molecular formula is C18H31NO3. The summed E-state index contributed by atoms with van der Waals surface area (Å²) in [5.74, 6) is 1.37. The normalized spacial score (nSPS) is 12.9. The largest absolute Gasteiger partial charge is 0.497 e. The zero-order valence-corrected chi connectivity index (χ0v) is 14.4. The summed E-state index contributed by atoms with van der Waals surface area (Å²) in [5.41, 5.74) is 1.23. The fourth-order valence-corrected chi connectivity index (χ4v) is 2.33. The van der Waals surface area contributed by atoms with Gasteiger partial charge in [0.2, 0.25) is 0 Å². The molecule has 0 heterocycles. The fraction of sp³-hybridized carbons (Fsp3) is 0.667. The number of methoxy groups -OCH3 is 1. The maximum Gasteiger partial charge on any atom is 0.118 e. The quantitative estimate of drug-likeness (QED) is 0.682. The zero-order valence-electron chi connectivity index (χ0n) is 14.4. The van der Waals surface area contributed by atoms with E-state index in [1.807, 2.05) is 12.1 Å². The van der Waals surface area contributed by atoms with Crippen LogP contribution in [0.25, 0.3) is 0 Å². The van der Waals surface area contributed by atoms with Crippen molar-refractivity contribution >= 4 is 0 Å². The molecule has 1 aromatic carbocycles. The van der Waals surface area contributed by atoms with Gasteiger partial charge in [-0.05, 0) is 36.6 Å². The summed E-state index contributed by atoms with van der Waals surface area (Å²) in [5, 5.41) is 10.1. The molecule has 0 spiro atoms. The van der Waals surface area contributed by atoms with Crippen molar-refractivity contribution in [2.75, 3.05) is 33.4 Å². The van der Waals surface area contributed by atoms with Gasteiger partial charge in [-0.15, -0.1) is 0 Å². The average molecular weight is 309 g/mol. The highest BCUT2D eigenvalue weighted by atomic mass is 16.5. The van der Waals surface area contributed by atoms with E-state index in [1.165, 1.54) is 5.56 Å². The Bertz CT molecular complexity index is 392. The molecule has 1 atom stereocenters. The Balaban J connectivity index is 2.45. The van der Waals surface area contributed by atoms with E-state index in [9.17, 15) is 5.11 Å². The van der Waals surface area contributed by atoms with E-state index in [0.717, 1.165) is 25.3 Å². The molecule has 0 aliphatic rings. The molecule has 1 N–H and O–H groups in total. The predicted molar refractivity (Wildman–Crippen MR) is 90.2 cm³/mol. The van der Waals surface area contributed by atoms with Crippen molar-refractivity contribution in [1.82, 2.24) is 4.90 Å². The van der Waals surface area contributed by atoms with Gasteiger partial charge in [0.15, 0.2) is 0 Å². The van der Waals surface area contributed by atoms with Crippen LogP contribution in [-0.4, -0.2) is 49.5 Å². The summed E-state index contributed by atoms with van der Waals surface area (Å²) < 4.78 is 10.7. The molecular weight excluding hydrogens is 278 g/mol. The van der Waals surface area contributed by atoms with Gasteiger partial charge in [-0.25, -0.2) is 0 Å². The van der Waals surface area contributed by atoms with E-state index < -0.39 is 6.10 Å². The van der Waals surface area contributed by atoms with E-state index in [1.54, 1.807) is 7.11 Å². The summed E-state index contributed by atoms with van der Waals surface area (Å²) in [6.07, 6.45) is 0.624. The van der Waals surface area contributed by atoms with Crippen LogP contribution in [0.2, 0.25) is 0 Å². The molecule has 0 aliphatic heterocycles. The van der Waals surface area contributed by atoms with Gasteiger partial charge in [-0.2, -0.15) is 0 Å². The standard InChI is InChI=1S/C18H31NO3/c1-5-10-19(12-17(20)14-22-13-15(2)3)11-16-6-8-18(21-4)9-7-16/h6-9,15,17,20H,5,10-14H2,1-4H3/t17-/m0/s1. The third-order valence-corrected chi connectivity index (χ3v) is 3.34. The molecule has 0 amide bonds. The Hall–Kier alpha value is -1.10. The van der Waals surface area contributed by atoms with Crippen molar-refractivity contribution in [2.45, 2.75) is 39.8 Å². The maximum atomic E-state index is 10.1. The van der Waals surface area contributed by atoms with E-state index >= 15 is 0 Å². The summed E-state index contributed by atoms with van der Waals surface area (Å²) in [6, 6.07) is 8.09. The maximum absolute atomic E-state index is 10.1. The van der Waals surface area contributed by atoms with Crippen LogP contribution in [0.15, 0.2) is 24.3 Å². The molecule has 126 valence electrons. The Morgan fingerprint density at radius 2 is 1.82 bits per heavy atom. The first kappa shape index (κ1) is 18.9. The van der Waals surface area contributed by atoms with Gasteiger partial charge < -0.3 is 14.6 Å². The Morgan fingerprint density at radius 3 is 2.36 bits per heavy atom. The average Bonchev–Trinajstić information content (AvgIpc) is 2.48. The zero-order chi connectivity index (χ0) is 16.4. The van der Waals surface area contributed by atoms with Crippen LogP contribution in [0.4, 0.5) is 0 Å². The molecule has 0 fully saturated rings. The number of benzene rings is 1.